The van der Waals surface area contributed by atoms with Gasteiger partial charge in [-0.25, -0.2) is 8.78 Å². The summed E-state index contributed by atoms with van der Waals surface area (Å²) in [5, 5.41) is 2.58. The Balaban J connectivity index is 1.76. The SMILES string of the molecule is COc1ccc(OC)c(NC(=O)COC(=O)CCSc2ccc(F)c(F)c2)c1. The van der Waals surface area contributed by atoms with Gasteiger partial charge in [0.25, 0.3) is 5.91 Å². The van der Waals surface area contributed by atoms with E-state index in [-0.39, 0.29) is 6.42 Å². The molecule has 9 heteroatoms. The first-order valence-corrected chi connectivity index (χ1v) is 9.17. The molecule has 0 heterocycles. The van der Waals surface area contributed by atoms with Crippen LogP contribution in [0.4, 0.5) is 14.5 Å². The molecule has 0 radical (unpaired) electrons. The number of thioether (sulfide) groups is 1. The van der Waals surface area contributed by atoms with Gasteiger partial charge >= 0.3 is 5.97 Å². The van der Waals surface area contributed by atoms with E-state index in [1.807, 2.05) is 0 Å². The topological polar surface area (TPSA) is 73.9 Å². The van der Waals surface area contributed by atoms with Crippen LogP contribution in [0.2, 0.25) is 0 Å². The molecule has 2 aromatic rings. The van der Waals surface area contributed by atoms with Crippen molar-refractivity contribution in [3.05, 3.63) is 48.0 Å². The minimum atomic E-state index is -0.947. The minimum Gasteiger partial charge on any atom is -0.497 e. The summed E-state index contributed by atoms with van der Waals surface area (Å²) in [6.45, 7) is -0.463. The predicted molar refractivity (Wildman–Crippen MR) is 101 cm³/mol. The Bertz CT molecular complexity index is 847. The van der Waals surface area contributed by atoms with Gasteiger partial charge in [-0.2, -0.15) is 0 Å². The number of halogens is 2. The van der Waals surface area contributed by atoms with Crippen LogP contribution >= 0.6 is 11.8 Å². The molecular formula is C19H19F2NO5S. The molecule has 0 bridgehead atoms. The van der Waals surface area contributed by atoms with Crippen LogP contribution in [0.25, 0.3) is 0 Å². The lowest BCUT2D eigenvalue weighted by atomic mass is 10.2. The Morgan fingerprint density at radius 3 is 2.50 bits per heavy atom. The Morgan fingerprint density at radius 1 is 1.04 bits per heavy atom. The minimum absolute atomic E-state index is 0.0133. The lowest BCUT2D eigenvalue weighted by molar-refractivity contribution is -0.146. The molecule has 0 spiro atoms. The van der Waals surface area contributed by atoms with E-state index in [2.05, 4.69) is 5.32 Å². The van der Waals surface area contributed by atoms with Gasteiger partial charge in [-0.1, -0.05) is 0 Å². The van der Waals surface area contributed by atoms with E-state index in [4.69, 9.17) is 14.2 Å². The molecule has 0 saturated carbocycles. The first kappa shape index (κ1) is 21.5. The third-order valence-electron chi connectivity index (χ3n) is 3.51. The molecule has 6 nitrogen and oxygen atoms in total. The summed E-state index contributed by atoms with van der Waals surface area (Å²) in [7, 11) is 2.95. The van der Waals surface area contributed by atoms with Gasteiger partial charge in [0.05, 0.1) is 26.3 Å². The number of anilines is 1. The molecule has 28 heavy (non-hydrogen) atoms. The highest BCUT2D eigenvalue weighted by atomic mass is 32.2. The number of rotatable bonds is 9. The second kappa shape index (κ2) is 10.5. The fourth-order valence-corrected chi connectivity index (χ4v) is 2.99. The molecule has 1 N–H and O–H groups in total. The monoisotopic (exact) mass is 411 g/mol. The fraction of sp³-hybridized carbons (Fsp3) is 0.263. The smallest absolute Gasteiger partial charge is 0.307 e. The van der Waals surface area contributed by atoms with Crippen molar-refractivity contribution in [2.45, 2.75) is 11.3 Å². The first-order valence-electron chi connectivity index (χ1n) is 8.18. The van der Waals surface area contributed by atoms with Crippen molar-refractivity contribution in [3.8, 4) is 11.5 Å². The van der Waals surface area contributed by atoms with Gasteiger partial charge in [-0.3, -0.25) is 9.59 Å². The lowest BCUT2D eigenvalue weighted by Crippen LogP contribution is -2.21. The number of esters is 1. The van der Waals surface area contributed by atoms with Gasteiger partial charge in [0.2, 0.25) is 0 Å². The Labute approximate surface area is 165 Å². The van der Waals surface area contributed by atoms with Crippen LogP contribution in [0.1, 0.15) is 6.42 Å². The van der Waals surface area contributed by atoms with Crippen molar-refractivity contribution in [1.29, 1.82) is 0 Å². The largest absolute Gasteiger partial charge is 0.497 e. The first-order chi connectivity index (χ1) is 13.4. The molecule has 0 saturated heterocycles. The number of carbonyl (C=O) groups excluding carboxylic acids is 2. The van der Waals surface area contributed by atoms with Gasteiger partial charge in [0.1, 0.15) is 11.5 Å². The van der Waals surface area contributed by atoms with Crippen LogP contribution in [-0.4, -0.2) is 38.5 Å². The lowest BCUT2D eigenvalue weighted by Gasteiger charge is -2.12. The standard InChI is InChI=1S/C19H19F2NO5S/c1-25-12-3-6-17(26-2)16(9-12)22-18(23)11-27-19(24)7-8-28-13-4-5-14(20)15(21)10-13/h3-6,9-10H,7-8,11H2,1-2H3,(H,22,23). The van der Waals surface area contributed by atoms with Crippen molar-refractivity contribution < 1.29 is 32.6 Å². The third kappa shape index (κ3) is 6.41. The molecule has 150 valence electrons. The van der Waals surface area contributed by atoms with Gasteiger partial charge in [0.15, 0.2) is 18.2 Å². The molecule has 2 rings (SSSR count). The van der Waals surface area contributed by atoms with Crippen LogP contribution in [0, 0.1) is 11.6 Å². The second-order valence-electron chi connectivity index (χ2n) is 5.45. The van der Waals surface area contributed by atoms with E-state index in [9.17, 15) is 18.4 Å². The van der Waals surface area contributed by atoms with E-state index in [1.165, 1.54) is 32.0 Å². The summed E-state index contributed by atoms with van der Waals surface area (Å²) >= 11 is 1.18. The molecule has 0 aromatic heterocycles. The number of amides is 1. The van der Waals surface area contributed by atoms with Crippen molar-refractivity contribution in [3.63, 3.8) is 0 Å². The summed E-state index contributed by atoms with van der Waals surface area (Å²) < 4.78 is 41.1. The molecule has 0 aliphatic rings. The Hall–Kier alpha value is -2.81. The molecule has 0 aliphatic carbocycles. The zero-order chi connectivity index (χ0) is 20.5. The van der Waals surface area contributed by atoms with Crippen LogP contribution < -0.4 is 14.8 Å². The Kier molecular flexibility index (Phi) is 8.06. The van der Waals surface area contributed by atoms with Crippen LogP contribution in [0.5, 0.6) is 11.5 Å². The van der Waals surface area contributed by atoms with E-state index in [0.717, 1.165) is 12.1 Å². The number of benzene rings is 2. The number of carbonyl (C=O) groups is 2. The number of ether oxygens (including phenoxy) is 3. The van der Waals surface area contributed by atoms with Crippen molar-refractivity contribution >= 4 is 29.3 Å². The maximum absolute atomic E-state index is 13.1. The predicted octanol–water partition coefficient (Wildman–Crippen LogP) is 3.65. The van der Waals surface area contributed by atoms with Crippen LogP contribution in [0.3, 0.4) is 0 Å². The van der Waals surface area contributed by atoms with Crippen LogP contribution in [-0.2, 0) is 14.3 Å². The summed E-state index contributed by atoms with van der Waals surface area (Å²) in [4.78, 5) is 24.2. The number of nitrogens with one attached hydrogen (secondary N) is 1. The second-order valence-corrected chi connectivity index (χ2v) is 6.62. The molecular weight excluding hydrogens is 392 g/mol. The molecule has 1 amide bonds. The molecule has 0 aliphatic heterocycles. The van der Waals surface area contributed by atoms with E-state index < -0.39 is 30.1 Å². The zero-order valence-corrected chi connectivity index (χ0v) is 16.1. The summed E-state index contributed by atoms with van der Waals surface area (Å²) in [5.74, 6) is -1.73. The molecule has 0 unspecified atom stereocenters. The van der Waals surface area contributed by atoms with Crippen LogP contribution in [0.15, 0.2) is 41.3 Å². The summed E-state index contributed by atoms with van der Waals surface area (Å²) in [6, 6.07) is 8.39. The van der Waals surface area contributed by atoms with Gasteiger partial charge < -0.3 is 19.5 Å². The highest BCUT2D eigenvalue weighted by molar-refractivity contribution is 7.99. The van der Waals surface area contributed by atoms with E-state index in [0.29, 0.717) is 27.8 Å². The molecule has 0 atom stereocenters. The zero-order valence-electron chi connectivity index (χ0n) is 15.3. The summed E-state index contributed by atoms with van der Waals surface area (Å²) in [5.41, 5.74) is 0.386. The fourth-order valence-electron chi connectivity index (χ4n) is 2.14. The highest BCUT2D eigenvalue weighted by Crippen LogP contribution is 2.28. The average molecular weight is 411 g/mol. The van der Waals surface area contributed by atoms with Gasteiger partial charge in [-0.05, 0) is 30.3 Å². The van der Waals surface area contributed by atoms with Gasteiger partial charge in [-0.15, -0.1) is 11.8 Å². The van der Waals surface area contributed by atoms with Gasteiger partial charge in [0, 0.05) is 16.7 Å². The van der Waals surface area contributed by atoms with Crippen molar-refractivity contribution in [1.82, 2.24) is 0 Å². The Morgan fingerprint density at radius 2 is 1.82 bits per heavy atom. The normalized spacial score (nSPS) is 10.3. The quantitative estimate of drug-likeness (QED) is 0.502. The molecule has 0 fully saturated rings. The third-order valence-corrected chi connectivity index (χ3v) is 4.51. The van der Waals surface area contributed by atoms with E-state index >= 15 is 0 Å². The molecule has 2 aromatic carbocycles. The van der Waals surface area contributed by atoms with Crippen molar-refractivity contribution in [2.75, 3.05) is 31.9 Å². The van der Waals surface area contributed by atoms with Crippen molar-refractivity contribution in [2.24, 2.45) is 0 Å². The maximum Gasteiger partial charge on any atom is 0.307 e. The summed E-state index contributed by atoms with van der Waals surface area (Å²) in [6.07, 6.45) is 0.0133. The number of methoxy groups -OCH3 is 2. The van der Waals surface area contributed by atoms with E-state index in [1.54, 1.807) is 18.2 Å². The highest BCUT2D eigenvalue weighted by Gasteiger charge is 2.12. The number of hydrogen-bond acceptors (Lipinski definition) is 6. The number of hydrogen-bond donors (Lipinski definition) is 1. The maximum atomic E-state index is 13.1. The average Bonchev–Trinajstić information content (AvgIpc) is 2.69.